The van der Waals surface area contributed by atoms with E-state index in [1.54, 1.807) is 34.4 Å². The molecule has 0 spiro atoms. The first-order valence-corrected chi connectivity index (χ1v) is 12.0. The van der Waals surface area contributed by atoms with Crippen molar-refractivity contribution in [3.05, 3.63) is 80.6 Å². The normalized spacial score (nSPS) is 14.9. The first-order valence-electron chi connectivity index (χ1n) is 11.0. The summed E-state index contributed by atoms with van der Waals surface area (Å²) < 4.78 is 18.4. The summed E-state index contributed by atoms with van der Waals surface area (Å²) in [4.78, 5) is 46.3. The predicted octanol–water partition coefficient (Wildman–Crippen LogP) is 1.50. The van der Waals surface area contributed by atoms with Crippen molar-refractivity contribution in [3.63, 3.8) is 0 Å². The molecule has 180 valence electrons. The largest absolute Gasteiger partial charge is 0.354 e. The van der Waals surface area contributed by atoms with Gasteiger partial charge in [0.05, 0.1) is 25.3 Å². The number of nitrogens with one attached hydrogen (secondary N) is 1. The Kier molecular flexibility index (Phi) is 6.20. The highest BCUT2D eigenvalue weighted by molar-refractivity contribution is 7.99. The second-order valence-corrected chi connectivity index (χ2v) is 9.27. The summed E-state index contributed by atoms with van der Waals surface area (Å²) in [6, 6.07) is 7.50. The molecule has 0 radical (unpaired) electrons. The number of halogens is 1. The molecule has 1 N–H and O–H groups in total. The van der Waals surface area contributed by atoms with Gasteiger partial charge in [0, 0.05) is 36.0 Å². The number of rotatable bonds is 7. The lowest BCUT2D eigenvalue weighted by molar-refractivity contribution is -0.121. The maximum atomic E-state index is 14.0. The van der Waals surface area contributed by atoms with Crippen molar-refractivity contribution in [2.45, 2.75) is 37.6 Å². The van der Waals surface area contributed by atoms with Crippen molar-refractivity contribution < 1.29 is 9.18 Å². The smallest absolute Gasteiger partial charge is 0.264 e. The second-order valence-electron chi connectivity index (χ2n) is 8.28. The lowest BCUT2D eigenvalue weighted by atomic mass is 10.2. The number of carbonyl (C=O) groups is 1. The van der Waals surface area contributed by atoms with Gasteiger partial charge >= 0.3 is 0 Å². The lowest BCUT2D eigenvalue weighted by Crippen LogP contribution is -2.32. The number of fused-ring (bicyclic) bond motifs is 2. The Bertz CT molecular complexity index is 1540. The number of aromatic nitrogens is 6. The van der Waals surface area contributed by atoms with Gasteiger partial charge in [-0.25, -0.2) is 19.0 Å². The van der Waals surface area contributed by atoms with E-state index in [9.17, 15) is 18.8 Å². The maximum Gasteiger partial charge on any atom is 0.264 e. The second kappa shape index (κ2) is 9.45. The third kappa shape index (κ3) is 4.61. The van der Waals surface area contributed by atoms with Crippen LogP contribution in [0.1, 0.15) is 23.7 Å². The molecule has 1 aliphatic rings. The minimum absolute atomic E-state index is 0.0659. The third-order valence-electron chi connectivity index (χ3n) is 5.81. The molecule has 5 rings (SSSR count). The highest BCUT2D eigenvalue weighted by Crippen LogP contribution is 2.31. The molecule has 0 bridgehead atoms. The number of thioether (sulfide) groups is 1. The molecule has 12 heteroatoms. The predicted molar refractivity (Wildman–Crippen MR) is 128 cm³/mol. The molecule has 1 unspecified atom stereocenters. The first kappa shape index (κ1) is 23.0. The molecular formula is C23H22FN7O3S. The average molecular weight is 496 g/mol. The molecule has 0 saturated heterocycles. The van der Waals surface area contributed by atoms with Gasteiger partial charge in [0.2, 0.25) is 5.91 Å². The molecule has 0 aliphatic carbocycles. The molecule has 0 fully saturated rings. The zero-order valence-corrected chi connectivity index (χ0v) is 19.7. The van der Waals surface area contributed by atoms with Crippen LogP contribution in [0, 0.1) is 12.7 Å². The van der Waals surface area contributed by atoms with Crippen molar-refractivity contribution in [2.24, 2.45) is 0 Å². The molecule has 1 aliphatic heterocycles. The van der Waals surface area contributed by atoms with Gasteiger partial charge in [-0.2, -0.15) is 5.10 Å². The van der Waals surface area contributed by atoms with Crippen LogP contribution < -0.4 is 16.4 Å². The molecule has 1 amide bonds. The number of hydrogen-bond donors (Lipinski definition) is 1. The zero-order chi connectivity index (χ0) is 24.5. The molecule has 4 heterocycles. The Balaban J connectivity index is 1.22. The van der Waals surface area contributed by atoms with E-state index in [1.165, 1.54) is 41.0 Å². The molecule has 10 nitrogen and oxygen atoms in total. The van der Waals surface area contributed by atoms with E-state index >= 15 is 0 Å². The van der Waals surface area contributed by atoms with E-state index in [4.69, 9.17) is 0 Å². The summed E-state index contributed by atoms with van der Waals surface area (Å²) in [5, 5.41) is 8.03. The van der Waals surface area contributed by atoms with Gasteiger partial charge in [0.1, 0.15) is 17.5 Å². The van der Waals surface area contributed by atoms with Crippen LogP contribution in [-0.4, -0.2) is 47.1 Å². The highest BCUT2D eigenvalue weighted by Gasteiger charge is 2.27. The number of benzene rings is 1. The van der Waals surface area contributed by atoms with Crippen LogP contribution in [-0.2, 0) is 17.9 Å². The minimum Gasteiger partial charge on any atom is -0.354 e. The van der Waals surface area contributed by atoms with Crippen LogP contribution >= 0.6 is 11.8 Å². The van der Waals surface area contributed by atoms with Gasteiger partial charge in [-0.05, 0) is 13.0 Å². The highest BCUT2D eigenvalue weighted by atomic mass is 32.2. The fourth-order valence-electron chi connectivity index (χ4n) is 4.08. The number of carbonyl (C=O) groups excluding carboxylic acids is 1. The number of nitrogens with zero attached hydrogens (tertiary/aromatic N) is 6. The van der Waals surface area contributed by atoms with E-state index in [0.717, 1.165) is 0 Å². The van der Waals surface area contributed by atoms with Crippen LogP contribution in [0.4, 0.5) is 4.39 Å². The Morgan fingerprint density at radius 3 is 2.94 bits per heavy atom. The fourth-order valence-corrected chi connectivity index (χ4v) is 5.28. The van der Waals surface area contributed by atoms with E-state index in [0.29, 0.717) is 39.7 Å². The van der Waals surface area contributed by atoms with Crippen molar-refractivity contribution in [3.8, 4) is 0 Å². The van der Waals surface area contributed by atoms with Gasteiger partial charge < -0.3 is 5.32 Å². The van der Waals surface area contributed by atoms with Gasteiger partial charge in [0.15, 0.2) is 10.8 Å². The summed E-state index contributed by atoms with van der Waals surface area (Å²) in [5.74, 6) is 0.0425. The first-order chi connectivity index (χ1) is 16.9. The molecular weight excluding hydrogens is 473 g/mol. The number of hydrogen-bond acceptors (Lipinski definition) is 7. The minimum atomic E-state index is -0.387. The van der Waals surface area contributed by atoms with Gasteiger partial charge in [0.25, 0.3) is 11.1 Å². The van der Waals surface area contributed by atoms with Gasteiger partial charge in [-0.15, -0.1) is 0 Å². The van der Waals surface area contributed by atoms with E-state index in [2.05, 4.69) is 20.4 Å². The van der Waals surface area contributed by atoms with E-state index in [-0.39, 0.29) is 48.4 Å². The number of aryl methyl sites for hydroxylation is 1. The summed E-state index contributed by atoms with van der Waals surface area (Å²) >= 11 is 1.47. The summed E-state index contributed by atoms with van der Waals surface area (Å²) in [6.45, 7) is 2.44. The Morgan fingerprint density at radius 1 is 1.29 bits per heavy atom. The van der Waals surface area contributed by atoms with Crippen molar-refractivity contribution in [1.82, 2.24) is 34.2 Å². The van der Waals surface area contributed by atoms with E-state index in [1.807, 2.05) is 0 Å². The van der Waals surface area contributed by atoms with Crippen molar-refractivity contribution in [2.75, 3.05) is 12.3 Å². The molecule has 0 saturated carbocycles. The topological polar surface area (TPSA) is 117 Å². The van der Waals surface area contributed by atoms with Crippen LogP contribution in [0.15, 0.2) is 57.6 Å². The van der Waals surface area contributed by atoms with Gasteiger partial charge in [-0.3, -0.25) is 23.5 Å². The summed E-state index contributed by atoms with van der Waals surface area (Å²) in [6.07, 6.45) is 2.97. The Morgan fingerprint density at radius 2 is 2.11 bits per heavy atom. The quantitative estimate of drug-likeness (QED) is 0.386. The van der Waals surface area contributed by atoms with Crippen molar-refractivity contribution >= 4 is 28.7 Å². The fraction of sp³-hybridized carbons (Fsp3) is 0.304. The summed E-state index contributed by atoms with van der Waals surface area (Å²) in [5.41, 5.74) is 0.980. The molecule has 1 aromatic carbocycles. The average Bonchev–Trinajstić information content (AvgIpc) is 3.41. The zero-order valence-electron chi connectivity index (χ0n) is 18.8. The van der Waals surface area contributed by atoms with Crippen LogP contribution in [0.2, 0.25) is 0 Å². The van der Waals surface area contributed by atoms with Crippen molar-refractivity contribution in [1.29, 1.82) is 0 Å². The standard InChI is InChI=1S/C23H22FN7O3S/c1-14-8-20(33)31-16(12-35-23(31)28-14)9-19(32)25-6-7-30-21-17(10-27-30)22(34)29(13-26-21)11-15-4-2-3-5-18(15)24/h2-5,8,10,13,16H,6-7,9,11-12H2,1H3,(H,25,32). The molecule has 35 heavy (non-hydrogen) atoms. The van der Waals surface area contributed by atoms with Crippen LogP contribution in [0.25, 0.3) is 11.0 Å². The van der Waals surface area contributed by atoms with Crippen LogP contribution in [0.3, 0.4) is 0 Å². The monoisotopic (exact) mass is 495 g/mol. The van der Waals surface area contributed by atoms with Gasteiger partial charge in [-0.1, -0.05) is 30.0 Å². The molecule has 4 aromatic rings. The molecule has 3 aromatic heterocycles. The Labute approximate surface area is 202 Å². The molecule has 1 atom stereocenters. The van der Waals surface area contributed by atoms with E-state index < -0.39 is 0 Å². The maximum absolute atomic E-state index is 14.0. The van der Waals surface area contributed by atoms with Crippen LogP contribution in [0.5, 0.6) is 0 Å². The number of amides is 1. The third-order valence-corrected chi connectivity index (χ3v) is 6.90. The summed E-state index contributed by atoms with van der Waals surface area (Å²) in [7, 11) is 0. The Hall–Kier alpha value is -3.80. The lowest BCUT2D eigenvalue weighted by Gasteiger charge is -2.13. The SMILES string of the molecule is Cc1cc(=O)n2c(n1)SCC2CC(=O)NCCn1ncc2c(=O)n(Cc3ccccc3F)cnc21.